The van der Waals surface area contributed by atoms with Crippen LogP contribution in [0.3, 0.4) is 0 Å². The van der Waals surface area contributed by atoms with Crippen LogP contribution in [0, 0.1) is 13.8 Å². The van der Waals surface area contributed by atoms with Crippen LogP contribution < -0.4 is 9.64 Å². The van der Waals surface area contributed by atoms with Crippen LogP contribution in [-0.4, -0.2) is 44.1 Å². The molecule has 0 N–H and O–H groups in total. The lowest BCUT2D eigenvalue weighted by molar-refractivity contribution is 0.0746. The number of anilines is 1. The molecule has 1 aliphatic rings. The molecule has 0 aromatic heterocycles. The number of carbonyl (C=O) groups excluding carboxylic acids is 1. The highest BCUT2D eigenvalue weighted by molar-refractivity contribution is 5.94. The molecule has 2 aromatic carbocycles. The van der Waals surface area contributed by atoms with Crippen molar-refractivity contribution < 1.29 is 9.53 Å². The molecule has 24 heavy (non-hydrogen) atoms. The second kappa shape index (κ2) is 6.95. The monoisotopic (exact) mass is 324 g/mol. The van der Waals surface area contributed by atoms with Crippen LogP contribution in [-0.2, 0) is 0 Å². The van der Waals surface area contributed by atoms with E-state index >= 15 is 0 Å². The van der Waals surface area contributed by atoms with Crippen LogP contribution in [0.2, 0.25) is 0 Å². The lowest BCUT2D eigenvalue weighted by Crippen LogP contribution is -2.49. The molecule has 3 rings (SSSR count). The second-order valence-corrected chi connectivity index (χ2v) is 6.30. The van der Waals surface area contributed by atoms with Gasteiger partial charge in [-0.1, -0.05) is 18.2 Å². The Labute approximate surface area is 143 Å². The molecule has 0 atom stereocenters. The minimum atomic E-state index is 0.0783. The maximum Gasteiger partial charge on any atom is 0.254 e. The summed E-state index contributed by atoms with van der Waals surface area (Å²) >= 11 is 0. The van der Waals surface area contributed by atoms with Gasteiger partial charge in [-0.3, -0.25) is 4.79 Å². The molecule has 0 aliphatic carbocycles. The van der Waals surface area contributed by atoms with Gasteiger partial charge in [0.15, 0.2) is 0 Å². The number of amides is 1. The van der Waals surface area contributed by atoms with Crippen LogP contribution >= 0.6 is 0 Å². The fraction of sp³-hybridized carbons (Fsp3) is 0.350. The van der Waals surface area contributed by atoms with E-state index < -0.39 is 0 Å². The third-order valence-corrected chi connectivity index (χ3v) is 4.59. The Balaban J connectivity index is 1.68. The first kappa shape index (κ1) is 16.4. The number of carbonyl (C=O) groups is 1. The number of methoxy groups -OCH3 is 1. The number of ether oxygens (including phenoxy) is 1. The maximum absolute atomic E-state index is 12.7. The van der Waals surface area contributed by atoms with Crippen LogP contribution in [0.15, 0.2) is 42.5 Å². The molecule has 4 nitrogen and oxygen atoms in total. The standard InChI is InChI=1S/C20H24N2O2/c1-15-7-8-16(2)19(13-15)21-9-11-22(12-10-21)20(23)17-5-4-6-18(14-17)24-3/h4-8,13-14H,9-12H2,1-3H3. The molecular weight excluding hydrogens is 300 g/mol. The van der Waals surface area contributed by atoms with Gasteiger partial charge in [0.25, 0.3) is 5.91 Å². The predicted octanol–water partition coefficient (Wildman–Crippen LogP) is 3.27. The van der Waals surface area contributed by atoms with E-state index in [4.69, 9.17) is 4.74 Å². The Morgan fingerprint density at radius 1 is 1.00 bits per heavy atom. The lowest BCUT2D eigenvalue weighted by atomic mass is 10.1. The van der Waals surface area contributed by atoms with Gasteiger partial charge in [0.2, 0.25) is 0 Å². The number of aryl methyl sites for hydroxylation is 2. The molecule has 0 saturated carbocycles. The Kier molecular flexibility index (Phi) is 4.74. The van der Waals surface area contributed by atoms with Gasteiger partial charge in [-0.25, -0.2) is 0 Å². The zero-order valence-electron chi connectivity index (χ0n) is 14.6. The van der Waals surface area contributed by atoms with E-state index in [9.17, 15) is 4.79 Å². The quantitative estimate of drug-likeness (QED) is 0.869. The largest absolute Gasteiger partial charge is 0.497 e. The summed E-state index contributed by atoms with van der Waals surface area (Å²) in [4.78, 5) is 17.0. The van der Waals surface area contributed by atoms with Gasteiger partial charge >= 0.3 is 0 Å². The molecule has 0 bridgehead atoms. The minimum absolute atomic E-state index is 0.0783. The molecule has 1 amide bonds. The third-order valence-electron chi connectivity index (χ3n) is 4.59. The normalized spacial score (nSPS) is 14.6. The van der Waals surface area contributed by atoms with Gasteiger partial charge in [0.1, 0.15) is 5.75 Å². The first-order valence-corrected chi connectivity index (χ1v) is 8.34. The Hall–Kier alpha value is -2.49. The van der Waals surface area contributed by atoms with Crippen molar-refractivity contribution in [3.05, 3.63) is 59.2 Å². The molecule has 126 valence electrons. The average molecular weight is 324 g/mol. The molecule has 0 unspecified atom stereocenters. The van der Waals surface area contributed by atoms with E-state index in [0.29, 0.717) is 5.56 Å². The molecule has 2 aromatic rings. The number of hydrogen-bond donors (Lipinski definition) is 0. The summed E-state index contributed by atoms with van der Waals surface area (Å²) in [5.74, 6) is 0.796. The van der Waals surface area contributed by atoms with Crippen molar-refractivity contribution >= 4 is 11.6 Å². The van der Waals surface area contributed by atoms with Crippen LogP contribution in [0.25, 0.3) is 0 Å². The number of hydrogen-bond acceptors (Lipinski definition) is 3. The molecule has 0 spiro atoms. The van der Waals surface area contributed by atoms with Crippen molar-refractivity contribution in [2.24, 2.45) is 0 Å². The first-order valence-electron chi connectivity index (χ1n) is 8.34. The molecule has 1 fully saturated rings. The van der Waals surface area contributed by atoms with Crippen molar-refractivity contribution in [2.45, 2.75) is 13.8 Å². The Bertz CT molecular complexity index is 734. The highest BCUT2D eigenvalue weighted by Crippen LogP contribution is 2.23. The zero-order valence-corrected chi connectivity index (χ0v) is 14.6. The van der Waals surface area contributed by atoms with Gasteiger partial charge in [0.05, 0.1) is 7.11 Å². The number of benzene rings is 2. The maximum atomic E-state index is 12.7. The van der Waals surface area contributed by atoms with Crippen LogP contribution in [0.1, 0.15) is 21.5 Å². The fourth-order valence-electron chi connectivity index (χ4n) is 3.15. The highest BCUT2D eigenvalue weighted by atomic mass is 16.5. The van der Waals surface area contributed by atoms with Crippen molar-refractivity contribution in [3.8, 4) is 5.75 Å². The summed E-state index contributed by atoms with van der Waals surface area (Å²) in [6.45, 7) is 7.46. The van der Waals surface area contributed by atoms with E-state index in [-0.39, 0.29) is 5.91 Å². The van der Waals surface area contributed by atoms with Crippen molar-refractivity contribution in [3.63, 3.8) is 0 Å². The summed E-state index contributed by atoms with van der Waals surface area (Å²) in [5.41, 5.74) is 4.52. The highest BCUT2D eigenvalue weighted by Gasteiger charge is 2.23. The zero-order chi connectivity index (χ0) is 17.1. The second-order valence-electron chi connectivity index (χ2n) is 6.30. The van der Waals surface area contributed by atoms with E-state index in [1.165, 1.54) is 16.8 Å². The predicted molar refractivity (Wildman–Crippen MR) is 97.0 cm³/mol. The van der Waals surface area contributed by atoms with Gasteiger partial charge < -0.3 is 14.5 Å². The van der Waals surface area contributed by atoms with E-state index in [1.54, 1.807) is 13.2 Å². The van der Waals surface area contributed by atoms with Crippen LogP contribution in [0.4, 0.5) is 5.69 Å². The summed E-state index contributed by atoms with van der Waals surface area (Å²) in [6.07, 6.45) is 0. The summed E-state index contributed by atoms with van der Waals surface area (Å²) in [5, 5.41) is 0. The Morgan fingerprint density at radius 3 is 2.46 bits per heavy atom. The van der Waals surface area contributed by atoms with Crippen molar-refractivity contribution in [1.29, 1.82) is 0 Å². The number of piperazine rings is 1. The van der Waals surface area contributed by atoms with Gasteiger partial charge in [-0.05, 0) is 49.2 Å². The number of nitrogens with zero attached hydrogens (tertiary/aromatic N) is 2. The lowest BCUT2D eigenvalue weighted by Gasteiger charge is -2.37. The first-order chi connectivity index (χ1) is 11.6. The van der Waals surface area contributed by atoms with E-state index in [2.05, 4.69) is 36.9 Å². The van der Waals surface area contributed by atoms with E-state index in [0.717, 1.165) is 31.9 Å². The van der Waals surface area contributed by atoms with Gasteiger partial charge in [-0.2, -0.15) is 0 Å². The fourth-order valence-corrected chi connectivity index (χ4v) is 3.15. The molecule has 1 saturated heterocycles. The molecule has 0 radical (unpaired) electrons. The SMILES string of the molecule is COc1cccc(C(=O)N2CCN(c3cc(C)ccc3C)CC2)c1. The molecule has 1 heterocycles. The van der Waals surface area contributed by atoms with Crippen LogP contribution in [0.5, 0.6) is 5.75 Å². The average Bonchev–Trinajstić information content (AvgIpc) is 2.63. The number of rotatable bonds is 3. The van der Waals surface area contributed by atoms with E-state index in [1.807, 2.05) is 23.1 Å². The summed E-state index contributed by atoms with van der Waals surface area (Å²) in [6, 6.07) is 13.9. The van der Waals surface area contributed by atoms with Crippen molar-refractivity contribution in [2.75, 3.05) is 38.2 Å². The third kappa shape index (κ3) is 3.37. The summed E-state index contributed by atoms with van der Waals surface area (Å²) < 4.78 is 5.21. The minimum Gasteiger partial charge on any atom is -0.497 e. The molecule has 1 aliphatic heterocycles. The van der Waals surface area contributed by atoms with Gasteiger partial charge in [0, 0.05) is 37.4 Å². The Morgan fingerprint density at radius 2 is 1.75 bits per heavy atom. The molecule has 4 heteroatoms. The topological polar surface area (TPSA) is 32.8 Å². The van der Waals surface area contributed by atoms with Gasteiger partial charge in [-0.15, -0.1) is 0 Å². The smallest absolute Gasteiger partial charge is 0.254 e. The summed E-state index contributed by atoms with van der Waals surface area (Å²) in [7, 11) is 1.62. The van der Waals surface area contributed by atoms with Crippen molar-refractivity contribution in [1.82, 2.24) is 4.90 Å². The molecular formula is C20H24N2O2.